The molecule has 2 aromatic rings. The van der Waals surface area contributed by atoms with Gasteiger partial charge in [0.15, 0.2) is 4.75 Å². The number of rotatable bonds is 2. The average molecular weight is 340 g/mol. The highest BCUT2D eigenvalue weighted by molar-refractivity contribution is 8.02. The van der Waals surface area contributed by atoms with Crippen molar-refractivity contribution in [2.75, 3.05) is 17.3 Å². The van der Waals surface area contributed by atoms with E-state index < -0.39 is 4.75 Å². The second kappa shape index (κ2) is 5.98. The fraction of sp³-hybridized carbons (Fsp3) is 0.263. The van der Waals surface area contributed by atoms with Crippen LogP contribution in [0.3, 0.4) is 0 Å². The zero-order chi connectivity index (χ0) is 17.5. The zero-order valence-electron chi connectivity index (χ0n) is 14.2. The molecule has 0 saturated heterocycles. The maximum atomic E-state index is 12.9. The lowest BCUT2D eigenvalue weighted by Crippen LogP contribution is -2.53. The molecule has 0 aromatic heterocycles. The molecule has 2 aromatic carbocycles. The molecule has 0 aliphatic carbocycles. The minimum Gasteiger partial charge on any atom is -0.324 e. The van der Waals surface area contributed by atoms with Gasteiger partial charge >= 0.3 is 0 Å². The molecule has 0 radical (unpaired) electrons. The first-order chi connectivity index (χ1) is 11.3. The van der Waals surface area contributed by atoms with Gasteiger partial charge in [-0.25, -0.2) is 0 Å². The van der Waals surface area contributed by atoms with E-state index in [2.05, 4.69) is 5.32 Å². The molecule has 0 bridgehead atoms. The Morgan fingerprint density at radius 1 is 1.17 bits per heavy atom. The second-order valence-electron chi connectivity index (χ2n) is 6.24. The van der Waals surface area contributed by atoms with Gasteiger partial charge in [-0.05, 0) is 50.1 Å². The quantitative estimate of drug-likeness (QED) is 0.847. The Morgan fingerprint density at radius 3 is 2.62 bits per heavy atom. The summed E-state index contributed by atoms with van der Waals surface area (Å²) < 4.78 is -1.20. The van der Waals surface area contributed by atoms with Crippen LogP contribution in [0.15, 0.2) is 47.4 Å². The fourth-order valence-electron chi connectivity index (χ4n) is 2.77. The van der Waals surface area contributed by atoms with Crippen molar-refractivity contribution in [1.82, 2.24) is 0 Å². The number of nitrogens with one attached hydrogen (secondary N) is 1. The molecule has 1 heterocycles. The van der Waals surface area contributed by atoms with Crippen molar-refractivity contribution in [2.45, 2.75) is 30.4 Å². The molecule has 3 rings (SSSR count). The summed E-state index contributed by atoms with van der Waals surface area (Å²) in [6, 6.07) is 13.5. The van der Waals surface area contributed by atoms with Crippen LogP contribution in [-0.4, -0.2) is 23.6 Å². The molecule has 1 aliphatic heterocycles. The summed E-state index contributed by atoms with van der Waals surface area (Å²) in [5.41, 5.74) is 3.62. The summed E-state index contributed by atoms with van der Waals surface area (Å²) in [5.74, 6) is -0.512. The van der Waals surface area contributed by atoms with Gasteiger partial charge in [0.1, 0.15) is 0 Å². The molecule has 1 unspecified atom stereocenters. The van der Waals surface area contributed by atoms with Crippen LogP contribution in [0.25, 0.3) is 0 Å². The van der Waals surface area contributed by atoms with Crippen LogP contribution in [0.1, 0.15) is 18.1 Å². The molecule has 24 heavy (non-hydrogen) atoms. The Labute approximate surface area is 146 Å². The number of para-hydroxylation sites is 1. The van der Waals surface area contributed by atoms with Gasteiger partial charge in [-0.1, -0.05) is 36.0 Å². The van der Waals surface area contributed by atoms with Crippen molar-refractivity contribution in [3.05, 3.63) is 53.6 Å². The summed E-state index contributed by atoms with van der Waals surface area (Å²) in [4.78, 5) is 28.3. The number of hydrogen-bond acceptors (Lipinski definition) is 3. The predicted molar refractivity (Wildman–Crippen MR) is 98.7 cm³/mol. The Hall–Kier alpha value is -2.27. The fourth-order valence-corrected chi connectivity index (χ4v) is 4.03. The number of carbonyl (C=O) groups excluding carboxylic acids is 2. The smallest absolute Gasteiger partial charge is 0.252 e. The maximum absolute atomic E-state index is 12.9. The molecule has 1 atom stereocenters. The lowest BCUT2D eigenvalue weighted by molar-refractivity contribution is -0.128. The van der Waals surface area contributed by atoms with E-state index in [1.807, 2.05) is 56.3 Å². The van der Waals surface area contributed by atoms with E-state index in [1.165, 1.54) is 11.8 Å². The Kier molecular flexibility index (Phi) is 4.13. The number of carbonyl (C=O) groups is 2. The van der Waals surface area contributed by atoms with Gasteiger partial charge in [-0.15, -0.1) is 0 Å². The van der Waals surface area contributed by atoms with Crippen molar-refractivity contribution in [2.24, 2.45) is 0 Å². The number of fused-ring (bicyclic) bond motifs is 1. The summed E-state index contributed by atoms with van der Waals surface area (Å²) in [6.07, 6.45) is 0. The summed E-state index contributed by atoms with van der Waals surface area (Å²) in [5, 5.41) is 2.94. The largest absolute Gasteiger partial charge is 0.324 e. The molecule has 0 fully saturated rings. The molecule has 1 aliphatic rings. The molecule has 1 N–H and O–H groups in total. The second-order valence-corrected chi connectivity index (χ2v) is 7.70. The van der Waals surface area contributed by atoms with Gasteiger partial charge in [0.2, 0.25) is 5.91 Å². The van der Waals surface area contributed by atoms with Crippen LogP contribution in [-0.2, 0) is 9.59 Å². The summed E-state index contributed by atoms with van der Waals surface area (Å²) in [6.45, 7) is 5.60. The lowest BCUT2D eigenvalue weighted by Gasteiger charge is -2.37. The molecule has 124 valence electrons. The highest BCUT2D eigenvalue weighted by atomic mass is 32.2. The lowest BCUT2D eigenvalue weighted by atomic mass is 10.1. The number of amides is 2. The van der Waals surface area contributed by atoms with Crippen LogP contribution in [0.2, 0.25) is 0 Å². The van der Waals surface area contributed by atoms with E-state index in [4.69, 9.17) is 0 Å². The number of benzene rings is 2. The number of anilines is 2. The monoisotopic (exact) mass is 340 g/mol. The van der Waals surface area contributed by atoms with Crippen molar-refractivity contribution in [3.8, 4) is 0 Å². The molecule has 4 nitrogen and oxygen atoms in total. The summed E-state index contributed by atoms with van der Waals surface area (Å²) >= 11 is 1.31. The molecule has 2 amide bonds. The van der Waals surface area contributed by atoms with Gasteiger partial charge in [0, 0.05) is 17.6 Å². The van der Waals surface area contributed by atoms with Crippen LogP contribution in [0.5, 0.6) is 0 Å². The van der Waals surface area contributed by atoms with Gasteiger partial charge in [-0.3, -0.25) is 9.59 Å². The first kappa shape index (κ1) is 16.6. The third-order valence-corrected chi connectivity index (χ3v) is 5.66. The number of hydrogen-bond donors (Lipinski definition) is 1. The molecule has 5 heteroatoms. The Balaban J connectivity index is 1.94. The van der Waals surface area contributed by atoms with E-state index >= 15 is 0 Å². The third-order valence-electron chi connectivity index (χ3n) is 4.33. The Morgan fingerprint density at radius 2 is 1.88 bits per heavy atom. The topological polar surface area (TPSA) is 49.4 Å². The highest BCUT2D eigenvalue weighted by Crippen LogP contribution is 2.45. The third kappa shape index (κ3) is 2.69. The van der Waals surface area contributed by atoms with Crippen LogP contribution in [0, 0.1) is 13.8 Å². The van der Waals surface area contributed by atoms with Gasteiger partial charge < -0.3 is 10.2 Å². The minimum atomic E-state index is -1.20. The first-order valence-corrected chi connectivity index (χ1v) is 8.59. The van der Waals surface area contributed by atoms with Crippen molar-refractivity contribution in [1.29, 1.82) is 0 Å². The van der Waals surface area contributed by atoms with Crippen molar-refractivity contribution in [3.63, 3.8) is 0 Å². The number of aryl methyl sites for hydroxylation is 2. The molecular formula is C19H20N2O2S. The average Bonchev–Trinajstić information content (AvgIpc) is 2.56. The van der Waals surface area contributed by atoms with E-state index in [1.54, 1.807) is 18.9 Å². The van der Waals surface area contributed by atoms with E-state index in [-0.39, 0.29) is 11.8 Å². The van der Waals surface area contributed by atoms with Gasteiger partial charge in [0.25, 0.3) is 5.91 Å². The molecule has 0 spiro atoms. The van der Waals surface area contributed by atoms with E-state index in [9.17, 15) is 9.59 Å². The van der Waals surface area contributed by atoms with Crippen LogP contribution >= 0.6 is 11.8 Å². The number of thioether (sulfide) groups is 1. The standard InChI is InChI=1S/C19H20N2O2S/c1-12-9-10-13(2)14(11-12)20-17(22)19(3)18(23)21(4)15-7-5-6-8-16(15)24-19/h5-11H,1-4H3,(H,20,22). The normalized spacial score (nSPS) is 19.8. The SMILES string of the molecule is Cc1ccc(C)c(NC(=O)C2(C)Sc3ccccc3N(C)C2=O)c1. The first-order valence-electron chi connectivity index (χ1n) is 7.78. The van der Waals surface area contributed by atoms with Crippen LogP contribution < -0.4 is 10.2 Å². The van der Waals surface area contributed by atoms with E-state index in [0.717, 1.165) is 27.4 Å². The number of nitrogens with zero attached hydrogens (tertiary/aromatic N) is 1. The van der Waals surface area contributed by atoms with Gasteiger partial charge in [0.05, 0.1) is 5.69 Å². The van der Waals surface area contributed by atoms with Gasteiger partial charge in [-0.2, -0.15) is 0 Å². The zero-order valence-corrected chi connectivity index (χ0v) is 15.0. The molecular weight excluding hydrogens is 320 g/mol. The maximum Gasteiger partial charge on any atom is 0.252 e. The minimum absolute atomic E-state index is 0.214. The summed E-state index contributed by atoms with van der Waals surface area (Å²) in [7, 11) is 1.71. The highest BCUT2D eigenvalue weighted by Gasteiger charge is 2.48. The van der Waals surface area contributed by atoms with Crippen LogP contribution in [0.4, 0.5) is 11.4 Å². The predicted octanol–water partition coefficient (Wildman–Crippen LogP) is 3.77. The van der Waals surface area contributed by atoms with Crippen molar-refractivity contribution < 1.29 is 9.59 Å². The van der Waals surface area contributed by atoms with E-state index in [0.29, 0.717) is 0 Å². The Bertz CT molecular complexity index is 834. The molecule has 0 saturated carbocycles. The van der Waals surface area contributed by atoms with Crippen molar-refractivity contribution >= 4 is 35.0 Å².